The Bertz CT molecular complexity index is 2570. The molecular formula is C47H32N2O. The van der Waals surface area contributed by atoms with E-state index in [1.165, 1.54) is 21.9 Å². The first-order valence-electron chi connectivity index (χ1n) is 16.9. The standard InChI is InChI=1S/C47H32N2O/c1-4-14-34(15-5-1)43-29-30-44(46-45(43)48-47(50-46)36-16-6-2-7-17-36)35-25-27-41(28-26-35)49(40-20-8-3-9-21-40)42-22-12-19-38(32-42)39-24-23-33-13-10-11-18-37(33)31-39/h1-32H. The molecule has 1 aromatic heterocycles. The Morgan fingerprint density at radius 3 is 1.66 bits per heavy atom. The first-order chi connectivity index (χ1) is 24.8. The van der Waals surface area contributed by atoms with Gasteiger partial charge in [0.05, 0.1) is 0 Å². The molecule has 0 atom stereocenters. The summed E-state index contributed by atoms with van der Waals surface area (Å²) >= 11 is 0. The van der Waals surface area contributed by atoms with Crippen LogP contribution in [0.4, 0.5) is 17.1 Å². The Balaban J connectivity index is 1.13. The van der Waals surface area contributed by atoms with Gasteiger partial charge < -0.3 is 9.32 Å². The number of hydrogen-bond donors (Lipinski definition) is 0. The van der Waals surface area contributed by atoms with Crippen LogP contribution in [0.3, 0.4) is 0 Å². The molecule has 8 aromatic carbocycles. The quantitative estimate of drug-likeness (QED) is 0.174. The van der Waals surface area contributed by atoms with E-state index in [1.807, 2.05) is 36.4 Å². The molecule has 9 rings (SSSR count). The van der Waals surface area contributed by atoms with Crippen molar-refractivity contribution in [2.45, 2.75) is 0 Å². The molecule has 0 spiro atoms. The molecule has 0 unspecified atom stereocenters. The molecule has 236 valence electrons. The van der Waals surface area contributed by atoms with Crippen molar-refractivity contribution in [3.63, 3.8) is 0 Å². The number of aromatic nitrogens is 1. The predicted octanol–water partition coefficient (Wildman–Crippen LogP) is 13.1. The summed E-state index contributed by atoms with van der Waals surface area (Å²) in [5.41, 5.74) is 12.4. The SMILES string of the molecule is c1ccc(-c2nc3c(-c4ccccc4)ccc(-c4ccc(N(c5ccccc5)c5cccc(-c6ccc7ccccc7c6)c5)cc4)c3o2)cc1. The number of oxazole rings is 1. The summed E-state index contributed by atoms with van der Waals surface area (Å²) in [5.74, 6) is 0.614. The van der Waals surface area contributed by atoms with Gasteiger partial charge in [-0.1, -0.05) is 133 Å². The molecule has 9 aromatic rings. The molecule has 0 aliphatic heterocycles. The van der Waals surface area contributed by atoms with Gasteiger partial charge in [0.2, 0.25) is 5.89 Å². The number of fused-ring (bicyclic) bond motifs is 2. The van der Waals surface area contributed by atoms with Crippen molar-refractivity contribution in [2.75, 3.05) is 4.90 Å². The summed E-state index contributed by atoms with van der Waals surface area (Å²) < 4.78 is 6.58. The first-order valence-corrected chi connectivity index (χ1v) is 16.9. The second-order valence-corrected chi connectivity index (χ2v) is 12.4. The number of anilines is 3. The Labute approximate surface area is 291 Å². The van der Waals surface area contributed by atoms with E-state index < -0.39 is 0 Å². The van der Waals surface area contributed by atoms with Crippen LogP contribution in [0.5, 0.6) is 0 Å². The van der Waals surface area contributed by atoms with Gasteiger partial charge in [-0.3, -0.25) is 0 Å². The van der Waals surface area contributed by atoms with E-state index in [2.05, 4.69) is 163 Å². The lowest BCUT2D eigenvalue weighted by molar-refractivity contribution is 0.621. The third-order valence-corrected chi connectivity index (χ3v) is 9.29. The van der Waals surface area contributed by atoms with Crippen LogP contribution in [0.25, 0.3) is 66.7 Å². The monoisotopic (exact) mass is 640 g/mol. The van der Waals surface area contributed by atoms with Gasteiger partial charge in [0.1, 0.15) is 5.52 Å². The van der Waals surface area contributed by atoms with Crippen molar-refractivity contribution in [2.24, 2.45) is 0 Å². The zero-order valence-corrected chi connectivity index (χ0v) is 27.3. The minimum atomic E-state index is 0.614. The molecule has 0 amide bonds. The number of rotatable bonds is 7. The fourth-order valence-corrected chi connectivity index (χ4v) is 6.80. The zero-order chi connectivity index (χ0) is 33.3. The van der Waals surface area contributed by atoms with Crippen LogP contribution in [0.15, 0.2) is 199 Å². The molecule has 3 heteroatoms. The molecule has 0 aliphatic rings. The maximum atomic E-state index is 6.58. The molecule has 1 heterocycles. The third-order valence-electron chi connectivity index (χ3n) is 9.29. The van der Waals surface area contributed by atoms with E-state index in [4.69, 9.17) is 9.40 Å². The number of para-hydroxylation sites is 1. The fourth-order valence-electron chi connectivity index (χ4n) is 6.80. The van der Waals surface area contributed by atoms with E-state index in [1.54, 1.807) is 0 Å². The molecule has 0 saturated carbocycles. The summed E-state index contributed by atoms with van der Waals surface area (Å²) in [5, 5.41) is 2.48. The average molecular weight is 641 g/mol. The van der Waals surface area contributed by atoms with E-state index in [-0.39, 0.29) is 0 Å². The molecule has 0 N–H and O–H groups in total. The van der Waals surface area contributed by atoms with E-state index in [9.17, 15) is 0 Å². The Morgan fingerprint density at radius 1 is 0.360 bits per heavy atom. The van der Waals surface area contributed by atoms with Gasteiger partial charge in [-0.25, -0.2) is 4.98 Å². The number of benzene rings is 8. The number of nitrogens with zero attached hydrogens (tertiary/aromatic N) is 2. The van der Waals surface area contributed by atoms with Crippen molar-refractivity contribution in [3.8, 4) is 44.8 Å². The lowest BCUT2D eigenvalue weighted by Crippen LogP contribution is -2.09. The van der Waals surface area contributed by atoms with Crippen LogP contribution >= 0.6 is 0 Å². The largest absolute Gasteiger partial charge is 0.435 e. The lowest BCUT2D eigenvalue weighted by atomic mass is 9.98. The molecule has 0 radical (unpaired) electrons. The minimum absolute atomic E-state index is 0.614. The van der Waals surface area contributed by atoms with Gasteiger partial charge in [0.25, 0.3) is 0 Å². The van der Waals surface area contributed by atoms with Crippen molar-refractivity contribution in [3.05, 3.63) is 194 Å². The highest BCUT2D eigenvalue weighted by atomic mass is 16.3. The average Bonchev–Trinajstić information content (AvgIpc) is 3.65. The summed E-state index contributed by atoms with van der Waals surface area (Å²) in [4.78, 5) is 7.36. The van der Waals surface area contributed by atoms with Crippen molar-refractivity contribution >= 4 is 38.9 Å². The van der Waals surface area contributed by atoms with Crippen molar-refractivity contribution < 1.29 is 4.42 Å². The summed E-state index contributed by atoms with van der Waals surface area (Å²) in [6.07, 6.45) is 0. The molecule has 3 nitrogen and oxygen atoms in total. The summed E-state index contributed by atoms with van der Waals surface area (Å²) in [6, 6.07) is 68.1. The topological polar surface area (TPSA) is 29.3 Å². The van der Waals surface area contributed by atoms with Crippen LogP contribution in [0.2, 0.25) is 0 Å². The van der Waals surface area contributed by atoms with E-state index in [0.717, 1.165) is 56.0 Å². The van der Waals surface area contributed by atoms with Crippen LogP contribution in [0.1, 0.15) is 0 Å². The molecule has 0 bridgehead atoms. The zero-order valence-electron chi connectivity index (χ0n) is 27.3. The van der Waals surface area contributed by atoms with Crippen LogP contribution < -0.4 is 4.90 Å². The Hall–Kier alpha value is -6.71. The summed E-state index contributed by atoms with van der Waals surface area (Å²) in [7, 11) is 0. The van der Waals surface area contributed by atoms with Gasteiger partial charge >= 0.3 is 0 Å². The van der Waals surface area contributed by atoms with Gasteiger partial charge in [-0.05, 0) is 93.7 Å². The third kappa shape index (κ3) is 5.51. The fraction of sp³-hybridized carbons (Fsp3) is 0. The van der Waals surface area contributed by atoms with Crippen molar-refractivity contribution in [1.29, 1.82) is 0 Å². The second-order valence-electron chi connectivity index (χ2n) is 12.4. The Kier molecular flexibility index (Phi) is 7.49. The maximum absolute atomic E-state index is 6.58. The maximum Gasteiger partial charge on any atom is 0.227 e. The van der Waals surface area contributed by atoms with E-state index >= 15 is 0 Å². The van der Waals surface area contributed by atoms with Gasteiger partial charge in [0, 0.05) is 33.8 Å². The van der Waals surface area contributed by atoms with Gasteiger partial charge in [-0.15, -0.1) is 0 Å². The highest BCUT2D eigenvalue weighted by Crippen LogP contribution is 2.41. The Morgan fingerprint density at radius 2 is 0.900 bits per heavy atom. The lowest BCUT2D eigenvalue weighted by Gasteiger charge is -2.26. The minimum Gasteiger partial charge on any atom is -0.435 e. The molecule has 0 saturated heterocycles. The van der Waals surface area contributed by atoms with Crippen LogP contribution in [-0.2, 0) is 0 Å². The summed E-state index contributed by atoms with van der Waals surface area (Å²) in [6.45, 7) is 0. The van der Waals surface area contributed by atoms with Crippen LogP contribution in [0, 0.1) is 0 Å². The highest BCUT2D eigenvalue weighted by Gasteiger charge is 2.19. The molecule has 0 fully saturated rings. The van der Waals surface area contributed by atoms with Crippen LogP contribution in [-0.4, -0.2) is 4.98 Å². The van der Waals surface area contributed by atoms with Crippen molar-refractivity contribution in [1.82, 2.24) is 4.98 Å². The predicted molar refractivity (Wildman–Crippen MR) is 208 cm³/mol. The second kappa shape index (κ2) is 12.7. The normalized spacial score (nSPS) is 11.2. The van der Waals surface area contributed by atoms with Gasteiger partial charge in [0.15, 0.2) is 5.58 Å². The molecule has 0 aliphatic carbocycles. The number of hydrogen-bond acceptors (Lipinski definition) is 3. The smallest absolute Gasteiger partial charge is 0.227 e. The molecule has 50 heavy (non-hydrogen) atoms. The first kappa shape index (κ1) is 29.4. The molecular weight excluding hydrogens is 609 g/mol. The van der Waals surface area contributed by atoms with E-state index in [0.29, 0.717) is 5.89 Å². The van der Waals surface area contributed by atoms with Gasteiger partial charge in [-0.2, -0.15) is 0 Å². The highest BCUT2D eigenvalue weighted by molar-refractivity contribution is 6.01.